The maximum atomic E-state index is 3.61. The van der Waals surface area contributed by atoms with Crippen LogP contribution in [0.15, 0.2) is 18.2 Å². The van der Waals surface area contributed by atoms with Gasteiger partial charge in [0.25, 0.3) is 0 Å². The monoisotopic (exact) mass is 259 g/mol. The molecule has 0 saturated heterocycles. The normalized spacial score (nSPS) is 25.3. The van der Waals surface area contributed by atoms with Gasteiger partial charge in [0.2, 0.25) is 0 Å². The van der Waals surface area contributed by atoms with Crippen LogP contribution in [0, 0.1) is 25.7 Å². The zero-order valence-corrected chi connectivity index (χ0v) is 13.0. The smallest absolute Gasteiger partial charge is 0.0349 e. The van der Waals surface area contributed by atoms with Crippen LogP contribution in [0.25, 0.3) is 0 Å². The van der Waals surface area contributed by atoms with Crippen molar-refractivity contribution in [2.24, 2.45) is 11.8 Å². The predicted molar refractivity (Wildman–Crippen MR) is 83.5 cm³/mol. The molecule has 0 aromatic heterocycles. The van der Waals surface area contributed by atoms with Gasteiger partial charge >= 0.3 is 0 Å². The SMILES string of the molecule is CCC1CCCCC1C(NC)c1cc(C)cc(C)c1. The van der Waals surface area contributed by atoms with Crippen molar-refractivity contribution in [2.75, 3.05) is 7.05 Å². The van der Waals surface area contributed by atoms with Crippen molar-refractivity contribution < 1.29 is 0 Å². The fourth-order valence-electron chi connectivity index (χ4n) is 4.00. The van der Waals surface area contributed by atoms with Crippen LogP contribution in [-0.2, 0) is 0 Å². The summed E-state index contributed by atoms with van der Waals surface area (Å²) in [5, 5.41) is 3.61. The van der Waals surface area contributed by atoms with Crippen molar-refractivity contribution in [2.45, 2.75) is 58.9 Å². The van der Waals surface area contributed by atoms with Gasteiger partial charge in [-0.1, -0.05) is 61.9 Å². The highest BCUT2D eigenvalue weighted by molar-refractivity contribution is 5.31. The van der Waals surface area contributed by atoms with Gasteiger partial charge in [0.05, 0.1) is 0 Å². The fraction of sp³-hybridized carbons (Fsp3) is 0.667. The second kappa shape index (κ2) is 6.56. The molecule has 1 aromatic carbocycles. The summed E-state index contributed by atoms with van der Waals surface area (Å²) in [6, 6.07) is 7.54. The number of aryl methyl sites for hydroxylation is 2. The molecule has 1 aliphatic rings. The number of hydrogen-bond acceptors (Lipinski definition) is 1. The molecule has 1 N–H and O–H groups in total. The molecule has 2 rings (SSSR count). The Morgan fingerprint density at radius 1 is 1.11 bits per heavy atom. The van der Waals surface area contributed by atoms with Crippen molar-refractivity contribution in [3.05, 3.63) is 34.9 Å². The Morgan fingerprint density at radius 3 is 2.32 bits per heavy atom. The van der Waals surface area contributed by atoms with Gasteiger partial charge in [0.1, 0.15) is 0 Å². The summed E-state index contributed by atoms with van der Waals surface area (Å²) >= 11 is 0. The van der Waals surface area contributed by atoms with E-state index in [1.54, 1.807) is 0 Å². The van der Waals surface area contributed by atoms with E-state index in [4.69, 9.17) is 0 Å². The molecule has 1 saturated carbocycles. The van der Waals surface area contributed by atoms with Crippen LogP contribution in [0.1, 0.15) is 61.8 Å². The van der Waals surface area contributed by atoms with Crippen LogP contribution in [0.4, 0.5) is 0 Å². The molecule has 0 aliphatic heterocycles. The highest BCUT2D eigenvalue weighted by Crippen LogP contribution is 2.40. The lowest BCUT2D eigenvalue weighted by molar-refractivity contribution is 0.180. The third kappa shape index (κ3) is 3.39. The Kier molecular flexibility index (Phi) is 5.04. The van der Waals surface area contributed by atoms with Gasteiger partial charge in [0, 0.05) is 6.04 Å². The zero-order valence-electron chi connectivity index (χ0n) is 13.0. The van der Waals surface area contributed by atoms with Gasteiger partial charge in [-0.05, 0) is 44.7 Å². The van der Waals surface area contributed by atoms with Gasteiger partial charge in [0.15, 0.2) is 0 Å². The van der Waals surface area contributed by atoms with Crippen LogP contribution in [0.3, 0.4) is 0 Å². The summed E-state index contributed by atoms with van der Waals surface area (Å²) in [4.78, 5) is 0. The largest absolute Gasteiger partial charge is 0.313 e. The molecule has 1 nitrogen and oxygen atoms in total. The fourth-order valence-corrected chi connectivity index (χ4v) is 4.00. The van der Waals surface area contributed by atoms with Crippen molar-refractivity contribution in [3.8, 4) is 0 Å². The first-order chi connectivity index (χ1) is 9.15. The molecule has 0 radical (unpaired) electrons. The molecule has 0 bridgehead atoms. The van der Waals surface area contributed by atoms with Gasteiger partial charge in [-0.2, -0.15) is 0 Å². The molecular weight excluding hydrogens is 230 g/mol. The third-order valence-corrected chi connectivity index (χ3v) is 4.83. The van der Waals surface area contributed by atoms with Crippen molar-refractivity contribution >= 4 is 0 Å². The lowest BCUT2D eigenvalue weighted by Gasteiger charge is -2.37. The number of hydrogen-bond donors (Lipinski definition) is 1. The minimum absolute atomic E-state index is 0.531. The topological polar surface area (TPSA) is 12.0 Å². The predicted octanol–water partition coefficient (Wildman–Crippen LogP) is 4.78. The van der Waals surface area contributed by atoms with E-state index in [0.29, 0.717) is 6.04 Å². The first-order valence-electron chi connectivity index (χ1n) is 7.91. The van der Waals surface area contributed by atoms with Gasteiger partial charge < -0.3 is 5.32 Å². The molecular formula is C18H29N. The van der Waals surface area contributed by atoms with E-state index in [2.05, 4.69) is 51.3 Å². The highest BCUT2D eigenvalue weighted by Gasteiger charge is 2.30. The van der Waals surface area contributed by atoms with Gasteiger partial charge in [-0.3, -0.25) is 0 Å². The van der Waals surface area contributed by atoms with Crippen molar-refractivity contribution in [3.63, 3.8) is 0 Å². The molecule has 1 aliphatic carbocycles. The Morgan fingerprint density at radius 2 is 1.74 bits per heavy atom. The van der Waals surface area contributed by atoms with Crippen LogP contribution in [0.5, 0.6) is 0 Å². The molecule has 3 unspecified atom stereocenters. The second-order valence-corrected chi connectivity index (χ2v) is 6.30. The molecule has 1 aromatic rings. The first kappa shape index (κ1) is 14.6. The minimum Gasteiger partial charge on any atom is -0.313 e. The lowest BCUT2D eigenvalue weighted by atomic mass is 9.72. The number of rotatable bonds is 4. The van der Waals surface area contributed by atoms with Crippen molar-refractivity contribution in [1.82, 2.24) is 5.32 Å². The number of benzene rings is 1. The van der Waals surface area contributed by atoms with E-state index in [0.717, 1.165) is 11.8 Å². The molecule has 3 atom stereocenters. The van der Waals surface area contributed by atoms with E-state index in [9.17, 15) is 0 Å². The molecule has 0 amide bonds. The molecule has 106 valence electrons. The Hall–Kier alpha value is -0.820. The van der Waals surface area contributed by atoms with Crippen LogP contribution in [0.2, 0.25) is 0 Å². The van der Waals surface area contributed by atoms with E-state index >= 15 is 0 Å². The molecule has 1 heteroatoms. The molecule has 1 fully saturated rings. The molecule has 0 heterocycles. The lowest BCUT2D eigenvalue weighted by Crippen LogP contribution is -2.32. The van der Waals surface area contributed by atoms with E-state index in [1.165, 1.54) is 48.8 Å². The summed E-state index contributed by atoms with van der Waals surface area (Å²) in [5.74, 6) is 1.71. The van der Waals surface area contributed by atoms with Crippen LogP contribution < -0.4 is 5.32 Å². The van der Waals surface area contributed by atoms with E-state index < -0.39 is 0 Å². The Labute approximate surface area is 118 Å². The van der Waals surface area contributed by atoms with Crippen molar-refractivity contribution in [1.29, 1.82) is 0 Å². The van der Waals surface area contributed by atoms with Gasteiger partial charge in [-0.15, -0.1) is 0 Å². The second-order valence-electron chi connectivity index (χ2n) is 6.30. The summed E-state index contributed by atoms with van der Waals surface area (Å²) in [5.41, 5.74) is 4.27. The highest BCUT2D eigenvalue weighted by atomic mass is 14.9. The molecule has 0 spiro atoms. The summed E-state index contributed by atoms with van der Waals surface area (Å²) < 4.78 is 0. The average molecular weight is 259 g/mol. The maximum absolute atomic E-state index is 3.61. The van der Waals surface area contributed by atoms with Crippen LogP contribution in [-0.4, -0.2) is 7.05 Å². The third-order valence-electron chi connectivity index (χ3n) is 4.83. The summed E-state index contributed by atoms with van der Waals surface area (Å²) in [6.07, 6.45) is 6.97. The quantitative estimate of drug-likeness (QED) is 0.820. The van der Waals surface area contributed by atoms with Crippen LogP contribution >= 0.6 is 0 Å². The Balaban J connectivity index is 2.27. The molecule has 19 heavy (non-hydrogen) atoms. The maximum Gasteiger partial charge on any atom is 0.0349 e. The zero-order chi connectivity index (χ0) is 13.8. The summed E-state index contributed by atoms with van der Waals surface area (Å²) in [6.45, 7) is 6.78. The minimum atomic E-state index is 0.531. The number of nitrogens with one attached hydrogen (secondary N) is 1. The Bertz CT molecular complexity index is 390. The standard InChI is InChI=1S/C18H29N/c1-5-15-8-6-7-9-17(15)18(19-4)16-11-13(2)10-14(3)12-16/h10-12,15,17-19H,5-9H2,1-4H3. The van der Waals surface area contributed by atoms with E-state index in [-0.39, 0.29) is 0 Å². The summed E-state index contributed by atoms with van der Waals surface area (Å²) in [7, 11) is 2.13. The van der Waals surface area contributed by atoms with Gasteiger partial charge in [-0.25, -0.2) is 0 Å². The average Bonchev–Trinajstić information content (AvgIpc) is 2.39. The first-order valence-corrected chi connectivity index (χ1v) is 7.91. The van der Waals surface area contributed by atoms with E-state index in [1.807, 2.05) is 0 Å².